The van der Waals surface area contributed by atoms with Gasteiger partial charge < -0.3 is 8.85 Å². The number of rotatable bonds is 11. The van der Waals surface area contributed by atoms with Crippen molar-refractivity contribution in [2.45, 2.75) is 59.9 Å². The van der Waals surface area contributed by atoms with E-state index in [-0.39, 0.29) is 0 Å². The molecule has 0 saturated carbocycles. The van der Waals surface area contributed by atoms with Gasteiger partial charge in [0, 0.05) is 13.2 Å². The van der Waals surface area contributed by atoms with E-state index in [1.165, 1.54) is 25.7 Å². The van der Waals surface area contributed by atoms with Crippen molar-refractivity contribution in [1.29, 1.82) is 0 Å². The highest BCUT2D eigenvalue weighted by molar-refractivity contribution is 6.71. The summed E-state index contributed by atoms with van der Waals surface area (Å²) in [5.41, 5.74) is 1.90. The zero-order chi connectivity index (χ0) is 14.0. The molecule has 2 unspecified atom stereocenters. The first-order valence-electron chi connectivity index (χ1n) is 7.38. The molecule has 2 atom stereocenters. The van der Waals surface area contributed by atoms with Crippen LogP contribution in [0.2, 0.25) is 6.55 Å². The highest BCUT2D eigenvalue weighted by Crippen LogP contribution is 2.17. The molecule has 0 aromatic heterocycles. The number of hydrogen-bond donors (Lipinski definition) is 0. The minimum Gasteiger partial charge on any atom is -0.391 e. The Morgan fingerprint density at radius 3 is 2.22 bits per heavy atom. The molecule has 0 amide bonds. The molecule has 0 spiro atoms. The van der Waals surface area contributed by atoms with E-state index < -0.39 is 8.56 Å². The Kier molecular flexibility index (Phi) is 9.69. The first-order chi connectivity index (χ1) is 8.47. The van der Waals surface area contributed by atoms with Crippen LogP contribution in [0.5, 0.6) is 0 Å². The van der Waals surface area contributed by atoms with E-state index in [0.717, 1.165) is 13.2 Å². The van der Waals surface area contributed by atoms with Crippen LogP contribution in [0.25, 0.3) is 0 Å². The van der Waals surface area contributed by atoms with Gasteiger partial charge in [0.2, 0.25) is 0 Å². The Morgan fingerprint density at radius 2 is 1.78 bits per heavy atom. The lowest BCUT2D eigenvalue weighted by atomic mass is 10.0. The molecule has 0 N–H and O–H groups in total. The monoisotopic (exact) mass is 272 g/mol. The Hall–Kier alpha value is -0.123. The minimum absolute atomic E-state index is 0.544. The largest absolute Gasteiger partial charge is 0.391 e. The van der Waals surface area contributed by atoms with Crippen LogP contribution in [-0.2, 0) is 8.85 Å². The van der Waals surface area contributed by atoms with Gasteiger partial charge in [0.05, 0.1) is 0 Å². The summed E-state index contributed by atoms with van der Waals surface area (Å²) in [4.78, 5) is 0. The van der Waals surface area contributed by atoms with Crippen molar-refractivity contribution in [2.24, 2.45) is 11.8 Å². The van der Waals surface area contributed by atoms with E-state index in [1.54, 1.807) is 0 Å². The zero-order valence-corrected chi connectivity index (χ0v) is 14.0. The maximum absolute atomic E-state index is 6.08. The SMILES string of the molecule is C=C[Si](C)(OCC(C)C)OCC(CC)CCCC. The minimum atomic E-state index is -2.14. The highest BCUT2D eigenvalue weighted by Gasteiger charge is 2.28. The van der Waals surface area contributed by atoms with Crippen molar-refractivity contribution in [2.75, 3.05) is 13.2 Å². The van der Waals surface area contributed by atoms with Crippen LogP contribution >= 0.6 is 0 Å². The first kappa shape index (κ1) is 17.9. The molecule has 0 rings (SSSR count). The van der Waals surface area contributed by atoms with Crippen LogP contribution in [0.3, 0.4) is 0 Å². The van der Waals surface area contributed by atoms with E-state index in [1.807, 2.05) is 5.70 Å². The molecule has 0 aromatic rings. The molecule has 0 radical (unpaired) electrons. The van der Waals surface area contributed by atoms with Gasteiger partial charge in [-0.1, -0.05) is 47.0 Å². The fourth-order valence-corrected chi connectivity index (χ4v) is 3.22. The van der Waals surface area contributed by atoms with E-state index in [2.05, 4.69) is 40.8 Å². The second-order valence-corrected chi connectivity index (χ2v) is 8.67. The fourth-order valence-electron chi connectivity index (χ4n) is 1.67. The van der Waals surface area contributed by atoms with Gasteiger partial charge in [0.1, 0.15) is 0 Å². The Labute approximate surface area is 115 Å². The molecule has 2 nitrogen and oxygen atoms in total. The summed E-state index contributed by atoms with van der Waals surface area (Å²) >= 11 is 0. The van der Waals surface area contributed by atoms with E-state index >= 15 is 0 Å². The van der Waals surface area contributed by atoms with Crippen molar-refractivity contribution < 1.29 is 8.85 Å². The molecule has 108 valence electrons. The molecule has 0 bridgehead atoms. The lowest BCUT2D eigenvalue weighted by Gasteiger charge is -2.27. The van der Waals surface area contributed by atoms with Gasteiger partial charge in [-0.2, -0.15) is 0 Å². The molecule has 0 aliphatic rings. The van der Waals surface area contributed by atoms with Crippen LogP contribution in [0.1, 0.15) is 53.4 Å². The average molecular weight is 273 g/mol. The lowest BCUT2D eigenvalue weighted by Crippen LogP contribution is -2.39. The average Bonchev–Trinajstić information content (AvgIpc) is 2.36. The third-order valence-corrected chi connectivity index (χ3v) is 5.44. The van der Waals surface area contributed by atoms with Crippen LogP contribution in [-0.4, -0.2) is 21.8 Å². The van der Waals surface area contributed by atoms with Gasteiger partial charge in [-0.15, -0.1) is 6.58 Å². The number of unbranched alkanes of at least 4 members (excludes halogenated alkanes) is 1. The molecule has 0 aliphatic heterocycles. The molecule has 0 heterocycles. The summed E-state index contributed by atoms with van der Waals surface area (Å²) in [7, 11) is -2.14. The van der Waals surface area contributed by atoms with Crippen LogP contribution in [0.15, 0.2) is 12.3 Å². The van der Waals surface area contributed by atoms with Crippen LogP contribution in [0.4, 0.5) is 0 Å². The predicted molar refractivity (Wildman–Crippen MR) is 81.9 cm³/mol. The second kappa shape index (κ2) is 9.76. The van der Waals surface area contributed by atoms with Crippen LogP contribution in [0, 0.1) is 11.8 Å². The summed E-state index contributed by atoms with van der Waals surface area (Å²) < 4.78 is 12.0. The van der Waals surface area contributed by atoms with Gasteiger partial charge in [-0.3, -0.25) is 0 Å². The van der Waals surface area contributed by atoms with Crippen molar-refractivity contribution in [3.63, 3.8) is 0 Å². The molecule has 0 fully saturated rings. The molecule has 18 heavy (non-hydrogen) atoms. The zero-order valence-electron chi connectivity index (χ0n) is 13.0. The van der Waals surface area contributed by atoms with Gasteiger partial charge in [-0.25, -0.2) is 0 Å². The second-order valence-electron chi connectivity index (χ2n) is 5.65. The summed E-state index contributed by atoms with van der Waals surface area (Å²) in [6.07, 6.45) is 5.00. The third-order valence-electron chi connectivity index (χ3n) is 3.22. The highest BCUT2D eigenvalue weighted by atomic mass is 28.4. The lowest BCUT2D eigenvalue weighted by molar-refractivity contribution is 0.140. The fraction of sp³-hybridized carbons (Fsp3) is 0.867. The molecular weight excluding hydrogens is 240 g/mol. The Bertz CT molecular complexity index is 219. The molecule has 0 aliphatic carbocycles. The molecule has 0 saturated heterocycles. The first-order valence-corrected chi connectivity index (χ1v) is 9.78. The summed E-state index contributed by atoms with van der Waals surface area (Å²) in [5.74, 6) is 1.21. The maximum atomic E-state index is 6.08. The summed E-state index contributed by atoms with van der Waals surface area (Å²) in [6, 6.07) is 0. The normalized spacial score (nSPS) is 16.6. The van der Waals surface area contributed by atoms with Gasteiger partial charge in [-0.05, 0) is 30.5 Å². The standard InChI is InChI=1S/C15H32O2Si/c1-7-10-11-15(8-2)13-17-18(6,9-3)16-12-14(4)5/h9,14-15H,3,7-8,10-13H2,1-2,4-6H3. The van der Waals surface area contributed by atoms with E-state index in [4.69, 9.17) is 8.85 Å². The molecular formula is C15H32O2Si. The van der Waals surface area contributed by atoms with E-state index in [0.29, 0.717) is 11.8 Å². The van der Waals surface area contributed by atoms with Crippen LogP contribution < -0.4 is 0 Å². The topological polar surface area (TPSA) is 18.5 Å². The van der Waals surface area contributed by atoms with Gasteiger partial charge in [0.15, 0.2) is 0 Å². The van der Waals surface area contributed by atoms with Crippen molar-refractivity contribution in [3.05, 3.63) is 12.3 Å². The van der Waals surface area contributed by atoms with Gasteiger partial charge in [0.25, 0.3) is 0 Å². The Morgan fingerprint density at radius 1 is 1.17 bits per heavy atom. The third kappa shape index (κ3) is 8.06. The summed E-state index contributed by atoms with van der Waals surface area (Å²) in [6.45, 7) is 16.4. The van der Waals surface area contributed by atoms with E-state index in [9.17, 15) is 0 Å². The quantitative estimate of drug-likeness (QED) is 0.508. The van der Waals surface area contributed by atoms with Crippen molar-refractivity contribution >= 4 is 8.56 Å². The van der Waals surface area contributed by atoms with Crippen molar-refractivity contribution in [1.82, 2.24) is 0 Å². The van der Waals surface area contributed by atoms with Crippen molar-refractivity contribution in [3.8, 4) is 0 Å². The smallest absolute Gasteiger partial charge is 0.361 e. The maximum Gasteiger partial charge on any atom is 0.361 e. The Balaban J connectivity index is 4.12. The molecule has 3 heteroatoms. The molecule has 0 aromatic carbocycles. The predicted octanol–water partition coefficient (Wildman–Crippen LogP) is 4.69. The summed E-state index contributed by atoms with van der Waals surface area (Å²) in [5, 5.41) is 0. The van der Waals surface area contributed by atoms with Gasteiger partial charge >= 0.3 is 8.56 Å². The number of hydrogen-bond acceptors (Lipinski definition) is 2.